The van der Waals surface area contributed by atoms with Crippen molar-refractivity contribution in [2.75, 3.05) is 5.32 Å². The molecule has 2 aromatic carbocycles. The molecule has 22 heavy (non-hydrogen) atoms. The average molecular weight is 403 g/mol. The summed E-state index contributed by atoms with van der Waals surface area (Å²) in [6, 6.07) is 12.3. The van der Waals surface area contributed by atoms with Gasteiger partial charge in [0.25, 0.3) is 5.91 Å². The second kappa shape index (κ2) is 7.86. The molecule has 0 saturated heterocycles. The third kappa shape index (κ3) is 4.38. The standard InChI is InChI=1S/C16H14BrCl2NO2/c1-2-14(22-15-6-4-3-5-12(15)18)16(21)20-10-7-8-11(17)13(19)9-10/h3-9,14H,2H2,1H3,(H,20,21)/t14-/m1/s1. The van der Waals surface area contributed by atoms with Crippen LogP contribution in [0.4, 0.5) is 5.69 Å². The molecule has 0 aliphatic carbocycles. The average Bonchev–Trinajstić information content (AvgIpc) is 2.50. The van der Waals surface area contributed by atoms with Crippen molar-refractivity contribution >= 4 is 50.7 Å². The van der Waals surface area contributed by atoms with E-state index in [1.165, 1.54) is 0 Å². The van der Waals surface area contributed by atoms with Crippen molar-refractivity contribution in [2.45, 2.75) is 19.4 Å². The van der Waals surface area contributed by atoms with Crippen molar-refractivity contribution in [1.82, 2.24) is 0 Å². The molecule has 0 radical (unpaired) electrons. The van der Waals surface area contributed by atoms with Crippen molar-refractivity contribution in [2.24, 2.45) is 0 Å². The van der Waals surface area contributed by atoms with Gasteiger partial charge in [0.05, 0.1) is 10.0 Å². The molecule has 6 heteroatoms. The van der Waals surface area contributed by atoms with Gasteiger partial charge in [0.15, 0.2) is 6.10 Å². The van der Waals surface area contributed by atoms with Crippen LogP contribution in [0.3, 0.4) is 0 Å². The van der Waals surface area contributed by atoms with Gasteiger partial charge in [-0.05, 0) is 52.7 Å². The van der Waals surface area contributed by atoms with Crippen LogP contribution in [0.25, 0.3) is 0 Å². The van der Waals surface area contributed by atoms with Gasteiger partial charge >= 0.3 is 0 Å². The van der Waals surface area contributed by atoms with E-state index in [1.807, 2.05) is 6.92 Å². The van der Waals surface area contributed by atoms with Gasteiger partial charge in [0.2, 0.25) is 0 Å². The molecule has 1 amide bonds. The van der Waals surface area contributed by atoms with Gasteiger partial charge in [-0.3, -0.25) is 4.79 Å². The van der Waals surface area contributed by atoms with Crippen molar-refractivity contribution in [1.29, 1.82) is 0 Å². The smallest absolute Gasteiger partial charge is 0.265 e. The van der Waals surface area contributed by atoms with Crippen LogP contribution in [-0.2, 0) is 4.79 Å². The fourth-order valence-electron chi connectivity index (χ4n) is 1.81. The van der Waals surface area contributed by atoms with E-state index in [0.29, 0.717) is 27.9 Å². The zero-order chi connectivity index (χ0) is 16.1. The minimum atomic E-state index is -0.637. The molecule has 2 rings (SSSR count). The summed E-state index contributed by atoms with van der Waals surface area (Å²) in [7, 11) is 0. The Morgan fingerprint density at radius 1 is 1.23 bits per heavy atom. The SMILES string of the molecule is CC[C@@H](Oc1ccccc1Cl)C(=O)Nc1ccc(Br)c(Cl)c1. The molecule has 116 valence electrons. The predicted molar refractivity (Wildman–Crippen MR) is 93.9 cm³/mol. The van der Waals surface area contributed by atoms with Crippen LogP contribution in [-0.4, -0.2) is 12.0 Å². The van der Waals surface area contributed by atoms with Crippen LogP contribution in [0.2, 0.25) is 10.0 Å². The van der Waals surface area contributed by atoms with Gasteiger partial charge in [0, 0.05) is 10.2 Å². The number of benzene rings is 2. The summed E-state index contributed by atoms with van der Waals surface area (Å²) in [5.74, 6) is 0.237. The second-order valence-electron chi connectivity index (χ2n) is 4.56. The quantitative estimate of drug-likeness (QED) is 0.711. The van der Waals surface area contributed by atoms with Crippen LogP contribution in [0.5, 0.6) is 5.75 Å². The fourth-order valence-corrected chi connectivity index (χ4v) is 2.42. The van der Waals surface area contributed by atoms with Crippen molar-refractivity contribution in [3.05, 3.63) is 57.0 Å². The number of hydrogen-bond acceptors (Lipinski definition) is 2. The fraction of sp³-hybridized carbons (Fsp3) is 0.188. The maximum Gasteiger partial charge on any atom is 0.265 e. The Morgan fingerprint density at radius 3 is 2.59 bits per heavy atom. The molecule has 3 nitrogen and oxygen atoms in total. The highest BCUT2D eigenvalue weighted by Gasteiger charge is 2.19. The van der Waals surface area contributed by atoms with E-state index in [0.717, 1.165) is 4.47 Å². The van der Waals surface area contributed by atoms with Crippen molar-refractivity contribution in [3.63, 3.8) is 0 Å². The Bertz CT molecular complexity index is 679. The first-order valence-corrected chi connectivity index (χ1v) is 8.23. The Morgan fingerprint density at radius 2 is 1.95 bits per heavy atom. The molecule has 0 spiro atoms. The Balaban J connectivity index is 2.08. The number of rotatable bonds is 5. The summed E-state index contributed by atoms with van der Waals surface area (Å²) in [4.78, 5) is 12.3. The first-order chi connectivity index (χ1) is 10.5. The minimum Gasteiger partial charge on any atom is -0.479 e. The highest BCUT2D eigenvalue weighted by molar-refractivity contribution is 9.10. The molecule has 0 aliphatic heterocycles. The third-order valence-electron chi connectivity index (χ3n) is 2.96. The lowest BCUT2D eigenvalue weighted by atomic mass is 10.2. The zero-order valence-electron chi connectivity index (χ0n) is 11.8. The van der Waals surface area contributed by atoms with Gasteiger partial charge in [0.1, 0.15) is 5.75 Å². The van der Waals surface area contributed by atoms with E-state index in [1.54, 1.807) is 42.5 Å². The molecule has 0 aromatic heterocycles. The molecule has 1 atom stereocenters. The van der Waals surface area contributed by atoms with Crippen LogP contribution < -0.4 is 10.1 Å². The van der Waals surface area contributed by atoms with Gasteiger partial charge < -0.3 is 10.1 Å². The Hall–Kier alpha value is -1.23. The van der Waals surface area contributed by atoms with Crippen LogP contribution in [0.15, 0.2) is 46.9 Å². The van der Waals surface area contributed by atoms with E-state index in [9.17, 15) is 4.79 Å². The van der Waals surface area contributed by atoms with Crippen LogP contribution in [0, 0.1) is 0 Å². The topological polar surface area (TPSA) is 38.3 Å². The highest BCUT2D eigenvalue weighted by atomic mass is 79.9. The molecule has 2 aromatic rings. The summed E-state index contributed by atoms with van der Waals surface area (Å²) in [6.45, 7) is 1.87. The van der Waals surface area contributed by atoms with E-state index in [-0.39, 0.29) is 5.91 Å². The molecule has 0 saturated carbocycles. The summed E-state index contributed by atoms with van der Waals surface area (Å²) in [5.41, 5.74) is 0.611. The number of halogens is 3. The molecule has 0 unspecified atom stereocenters. The lowest BCUT2D eigenvalue weighted by molar-refractivity contribution is -0.122. The number of nitrogens with one attached hydrogen (secondary N) is 1. The van der Waals surface area contributed by atoms with E-state index < -0.39 is 6.10 Å². The van der Waals surface area contributed by atoms with E-state index in [2.05, 4.69) is 21.2 Å². The minimum absolute atomic E-state index is 0.249. The molecular formula is C16H14BrCl2NO2. The summed E-state index contributed by atoms with van der Waals surface area (Å²) in [6.07, 6.45) is -0.122. The summed E-state index contributed by atoms with van der Waals surface area (Å²) in [5, 5.41) is 3.79. The molecule has 0 fully saturated rings. The number of carbonyl (C=O) groups is 1. The normalized spacial score (nSPS) is 11.8. The second-order valence-corrected chi connectivity index (χ2v) is 6.23. The molecule has 0 bridgehead atoms. The Labute approximate surface area is 147 Å². The maximum atomic E-state index is 12.3. The molecule has 1 N–H and O–H groups in total. The number of hydrogen-bond donors (Lipinski definition) is 1. The lowest BCUT2D eigenvalue weighted by Crippen LogP contribution is -2.32. The van der Waals surface area contributed by atoms with Gasteiger partial charge in [-0.2, -0.15) is 0 Å². The number of amides is 1. The zero-order valence-corrected chi connectivity index (χ0v) is 14.9. The van der Waals surface area contributed by atoms with Gasteiger partial charge in [-0.1, -0.05) is 42.3 Å². The van der Waals surface area contributed by atoms with E-state index >= 15 is 0 Å². The number of ether oxygens (including phenoxy) is 1. The monoisotopic (exact) mass is 401 g/mol. The maximum absolute atomic E-state index is 12.3. The highest BCUT2D eigenvalue weighted by Crippen LogP contribution is 2.27. The van der Waals surface area contributed by atoms with Crippen molar-refractivity contribution in [3.8, 4) is 5.75 Å². The lowest BCUT2D eigenvalue weighted by Gasteiger charge is -2.18. The number of carbonyl (C=O) groups excluding carboxylic acids is 1. The Kier molecular flexibility index (Phi) is 6.12. The number of anilines is 1. The summed E-state index contributed by atoms with van der Waals surface area (Å²) < 4.78 is 6.47. The van der Waals surface area contributed by atoms with E-state index in [4.69, 9.17) is 27.9 Å². The number of para-hydroxylation sites is 1. The predicted octanol–water partition coefficient (Wildman–Crippen LogP) is 5.55. The summed E-state index contributed by atoms with van der Waals surface area (Å²) >= 11 is 15.4. The van der Waals surface area contributed by atoms with Crippen LogP contribution >= 0.6 is 39.1 Å². The van der Waals surface area contributed by atoms with Crippen molar-refractivity contribution < 1.29 is 9.53 Å². The molecule has 0 heterocycles. The van der Waals surface area contributed by atoms with Crippen LogP contribution in [0.1, 0.15) is 13.3 Å². The third-order valence-corrected chi connectivity index (χ3v) is 4.50. The first kappa shape index (κ1) is 17.1. The largest absolute Gasteiger partial charge is 0.479 e. The van der Waals surface area contributed by atoms with Gasteiger partial charge in [-0.25, -0.2) is 0 Å². The molecular weight excluding hydrogens is 389 g/mol. The molecule has 0 aliphatic rings. The first-order valence-electron chi connectivity index (χ1n) is 6.68. The van der Waals surface area contributed by atoms with Gasteiger partial charge in [-0.15, -0.1) is 0 Å².